The number of carbonyl (C=O) groups excluding carboxylic acids is 2. The van der Waals surface area contributed by atoms with Crippen LogP contribution in [0.2, 0.25) is 0 Å². The van der Waals surface area contributed by atoms with Crippen LogP contribution in [0.5, 0.6) is 5.75 Å². The summed E-state index contributed by atoms with van der Waals surface area (Å²) in [7, 11) is 0. The second kappa shape index (κ2) is 5.94. The van der Waals surface area contributed by atoms with Crippen LogP contribution in [0.3, 0.4) is 0 Å². The number of amides is 2. The van der Waals surface area contributed by atoms with E-state index in [2.05, 4.69) is 0 Å². The van der Waals surface area contributed by atoms with Crippen molar-refractivity contribution in [3.05, 3.63) is 51.7 Å². The molecular formula is C16H12ClNO3S. The number of nitrogens with zero attached hydrogens (tertiary/aromatic N) is 1. The number of anilines is 1. The van der Waals surface area contributed by atoms with Gasteiger partial charge in [-0.15, -0.1) is 11.3 Å². The van der Waals surface area contributed by atoms with Gasteiger partial charge < -0.3 is 4.74 Å². The van der Waals surface area contributed by atoms with E-state index >= 15 is 0 Å². The Kier molecular flexibility index (Phi) is 4.00. The van der Waals surface area contributed by atoms with Gasteiger partial charge in [-0.25, -0.2) is 4.90 Å². The smallest absolute Gasteiger partial charge is 0.277 e. The van der Waals surface area contributed by atoms with Crippen molar-refractivity contribution in [1.82, 2.24) is 0 Å². The van der Waals surface area contributed by atoms with E-state index < -0.39 is 11.8 Å². The zero-order valence-corrected chi connectivity index (χ0v) is 13.3. The SMILES string of the molecule is CCOc1cccc(N2C(=O)C(Cl)=C(c3cccs3)C2=O)c1. The topological polar surface area (TPSA) is 46.6 Å². The molecule has 0 atom stereocenters. The number of benzene rings is 1. The third-order valence-electron chi connectivity index (χ3n) is 3.18. The van der Waals surface area contributed by atoms with E-state index in [1.807, 2.05) is 18.4 Å². The normalized spacial score (nSPS) is 14.9. The molecule has 2 aromatic rings. The maximum Gasteiger partial charge on any atom is 0.277 e. The molecule has 3 rings (SSSR count). The summed E-state index contributed by atoms with van der Waals surface area (Å²) in [5.74, 6) is -0.323. The third-order valence-corrected chi connectivity index (χ3v) is 4.42. The molecule has 0 spiro atoms. The van der Waals surface area contributed by atoms with E-state index in [-0.39, 0.29) is 10.6 Å². The lowest BCUT2D eigenvalue weighted by molar-refractivity contribution is -0.119. The van der Waals surface area contributed by atoms with Gasteiger partial charge in [0, 0.05) is 10.9 Å². The fourth-order valence-corrected chi connectivity index (χ4v) is 3.34. The Morgan fingerprint density at radius 3 is 2.68 bits per heavy atom. The second-order valence-electron chi connectivity index (χ2n) is 4.54. The second-order valence-corrected chi connectivity index (χ2v) is 5.87. The van der Waals surface area contributed by atoms with E-state index in [4.69, 9.17) is 16.3 Å². The molecule has 0 saturated heterocycles. The van der Waals surface area contributed by atoms with Gasteiger partial charge in [-0.2, -0.15) is 0 Å². The van der Waals surface area contributed by atoms with Crippen LogP contribution < -0.4 is 9.64 Å². The monoisotopic (exact) mass is 333 g/mol. The molecule has 112 valence electrons. The van der Waals surface area contributed by atoms with E-state index in [9.17, 15) is 9.59 Å². The minimum absolute atomic E-state index is 0.0470. The highest BCUT2D eigenvalue weighted by molar-refractivity contribution is 7.11. The van der Waals surface area contributed by atoms with Crippen LogP contribution in [-0.4, -0.2) is 18.4 Å². The zero-order chi connectivity index (χ0) is 15.7. The molecule has 0 radical (unpaired) electrons. The highest BCUT2D eigenvalue weighted by Gasteiger charge is 2.39. The third kappa shape index (κ3) is 2.42. The van der Waals surface area contributed by atoms with Crippen molar-refractivity contribution >= 4 is 46.0 Å². The molecule has 2 heterocycles. The van der Waals surface area contributed by atoms with Crippen LogP contribution in [0.4, 0.5) is 5.69 Å². The molecule has 0 bridgehead atoms. The Morgan fingerprint density at radius 1 is 1.18 bits per heavy atom. The van der Waals surface area contributed by atoms with Crippen molar-refractivity contribution < 1.29 is 14.3 Å². The van der Waals surface area contributed by atoms with Crippen molar-refractivity contribution in [3.63, 3.8) is 0 Å². The summed E-state index contributed by atoms with van der Waals surface area (Å²) in [4.78, 5) is 26.8. The summed E-state index contributed by atoms with van der Waals surface area (Å²) in [5, 5.41) is 1.79. The van der Waals surface area contributed by atoms with E-state index in [1.54, 1.807) is 30.3 Å². The maximum absolute atomic E-state index is 12.6. The van der Waals surface area contributed by atoms with E-state index in [0.717, 1.165) is 4.90 Å². The average molecular weight is 334 g/mol. The highest BCUT2D eigenvalue weighted by atomic mass is 35.5. The Hall–Kier alpha value is -2.11. The summed E-state index contributed by atoms with van der Waals surface area (Å²) >= 11 is 7.48. The number of hydrogen-bond donors (Lipinski definition) is 0. The van der Waals surface area contributed by atoms with Gasteiger partial charge in [0.2, 0.25) is 0 Å². The fraction of sp³-hybridized carbons (Fsp3) is 0.125. The summed E-state index contributed by atoms with van der Waals surface area (Å²) in [6, 6.07) is 10.4. The number of ether oxygens (including phenoxy) is 1. The van der Waals surface area contributed by atoms with Gasteiger partial charge in [-0.05, 0) is 30.5 Å². The molecule has 4 nitrogen and oxygen atoms in total. The first-order valence-electron chi connectivity index (χ1n) is 6.68. The number of halogens is 1. The van der Waals surface area contributed by atoms with Crippen molar-refractivity contribution in [2.75, 3.05) is 11.5 Å². The number of carbonyl (C=O) groups is 2. The first-order valence-corrected chi connectivity index (χ1v) is 7.94. The summed E-state index contributed by atoms with van der Waals surface area (Å²) in [6.45, 7) is 2.37. The van der Waals surface area contributed by atoms with Crippen LogP contribution in [0.15, 0.2) is 46.8 Å². The lowest BCUT2D eigenvalue weighted by atomic mass is 10.2. The van der Waals surface area contributed by atoms with Crippen molar-refractivity contribution in [2.45, 2.75) is 6.92 Å². The lowest BCUT2D eigenvalue weighted by Crippen LogP contribution is -2.31. The van der Waals surface area contributed by atoms with Gasteiger partial charge in [0.15, 0.2) is 0 Å². The highest BCUT2D eigenvalue weighted by Crippen LogP contribution is 2.37. The maximum atomic E-state index is 12.6. The molecule has 0 unspecified atom stereocenters. The number of rotatable bonds is 4. The molecule has 0 saturated carbocycles. The standard InChI is InChI=1S/C16H12ClNO3S/c1-2-21-11-6-3-5-10(9-11)18-15(19)13(14(17)16(18)20)12-7-4-8-22-12/h3-9H,2H2,1H3. The Bertz CT molecular complexity index is 767. The number of hydrogen-bond acceptors (Lipinski definition) is 4. The van der Waals surface area contributed by atoms with Crippen LogP contribution in [0.25, 0.3) is 5.57 Å². The van der Waals surface area contributed by atoms with Crippen LogP contribution in [0, 0.1) is 0 Å². The van der Waals surface area contributed by atoms with E-state index in [0.29, 0.717) is 22.9 Å². The van der Waals surface area contributed by atoms with Crippen LogP contribution in [-0.2, 0) is 9.59 Å². The Balaban J connectivity index is 1.99. The molecule has 1 aromatic heterocycles. The minimum atomic E-state index is -0.510. The predicted molar refractivity (Wildman–Crippen MR) is 87.2 cm³/mol. The van der Waals surface area contributed by atoms with Gasteiger partial charge in [0.25, 0.3) is 11.8 Å². The van der Waals surface area contributed by atoms with Crippen molar-refractivity contribution in [1.29, 1.82) is 0 Å². The first kappa shape index (κ1) is 14.8. The minimum Gasteiger partial charge on any atom is -0.494 e. The predicted octanol–water partition coefficient (Wildman–Crippen LogP) is 3.67. The van der Waals surface area contributed by atoms with Crippen molar-refractivity contribution in [2.24, 2.45) is 0 Å². The number of thiophene rings is 1. The molecule has 2 amide bonds. The van der Waals surface area contributed by atoms with E-state index in [1.165, 1.54) is 11.3 Å². The molecule has 0 fully saturated rings. The molecule has 6 heteroatoms. The van der Waals surface area contributed by atoms with Gasteiger partial charge in [-0.3, -0.25) is 9.59 Å². The zero-order valence-electron chi connectivity index (χ0n) is 11.7. The molecule has 1 aliphatic heterocycles. The fourth-order valence-electron chi connectivity index (χ4n) is 2.25. The lowest BCUT2D eigenvalue weighted by Gasteiger charge is -2.15. The first-order chi connectivity index (χ1) is 10.6. The van der Waals surface area contributed by atoms with Gasteiger partial charge in [-0.1, -0.05) is 23.7 Å². The quantitative estimate of drug-likeness (QED) is 0.802. The van der Waals surface area contributed by atoms with Crippen LogP contribution in [0.1, 0.15) is 11.8 Å². The van der Waals surface area contributed by atoms with Crippen LogP contribution >= 0.6 is 22.9 Å². The summed E-state index contributed by atoms with van der Waals surface area (Å²) in [6.07, 6.45) is 0. The van der Waals surface area contributed by atoms with Gasteiger partial charge >= 0.3 is 0 Å². The molecule has 1 aliphatic rings. The molecule has 0 aliphatic carbocycles. The van der Waals surface area contributed by atoms with Gasteiger partial charge in [0.05, 0.1) is 17.9 Å². The largest absolute Gasteiger partial charge is 0.494 e. The average Bonchev–Trinajstić information content (AvgIpc) is 3.08. The van der Waals surface area contributed by atoms with Gasteiger partial charge in [0.1, 0.15) is 10.8 Å². The van der Waals surface area contributed by atoms with Crippen molar-refractivity contribution in [3.8, 4) is 5.75 Å². The Morgan fingerprint density at radius 2 is 2.00 bits per heavy atom. The molecule has 1 aromatic carbocycles. The summed E-state index contributed by atoms with van der Waals surface area (Å²) < 4.78 is 5.41. The number of imide groups is 1. The molecule has 0 N–H and O–H groups in total. The Labute approximate surface area is 136 Å². The molecule has 22 heavy (non-hydrogen) atoms. The summed E-state index contributed by atoms with van der Waals surface area (Å²) in [5.41, 5.74) is 0.703. The molecular weight excluding hydrogens is 322 g/mol.